The van der Waals surface area contributed by atoms with Crippen LogP contribution in [-0.4, -0.2) is 4.57 Å². The summed E-state index contributed by atoms with van der Waals surface area (Å²) in [5.41, 5.74) is 16.2. The lowest BCUT2D eigenvalue weighted by Gasteiger charge is -2.29. The molecule has 0 saturated heterocycles. The van der Waals surface area contributed by atoms with Crippen LogP contribution in [0.4, 0.5) is 17.1 Å². The minimum Gasteiger partial charge on any atom is -0.309 e. The average Bonchev–Trinajstić information content (AvgIpc) is 3.62. The Hall–Kier alpha value is -7.42. The Kier molecular flexibility index (Phi) is 8.55. The molecule has 0 saturated carbocycles. The molecule has 56 heavy (non-hydrogen) atoms. The highest BCUT2D eigenvalue weighted by atomic mass is 15.2. The van der Waals surface area contributed by atoms with E-state index in [1.165, 1.54) is 55.2 Å². The highest BCUT2D eigenvalue weighted by Gasteiger charge is 2.24. The van der Waals surface area contributed by atoms with Crippen LogP contribution in [0, 0.1) is 0 Å². The van der Waals surface area contributed by atoms with E-state index in [1.807, 2.05) is 0 Å². The number of hydrogen-bond donors (Lipinski definition) is 0. The Morgan fingerprint density at radius 1 is 0.304 bits per heavy atom. The largest absolute Gasteiger partial charge is 0.309 e. The van der Waals surface area contributed by atoms with Gasteiger partial charge in [0.05, 0.1) is 22.4 Å². The fourth-order valence-electron chi connectivity index (χ4n) is 8.13. The van der Waals surface area contributed by atoms with E-state index in [4.69, 9.17) is 0 Å². The number of fused-ring (bicyclic) bond motifs is 3. The fourth-order valence-corrected chi connectivity index (χ4v) is 8.13. The quantitative estimate of drug-likeness (QED) is 0.152. The molecule has 0 atom stereocenters. The molecule has 0 aliphatic heterocycles. The Balaban J connectivity index is 1.23. The van der Waals surface area contributed by atoms with Gasteiger partial charge in [-0.05, 0) is 87.5 Å². The Morgan fingerprint density at radius 3 is 1.39 bits per heavy atom. The van der Waals surface area contributed by atoms with Gasteiger partial charge in [-0.2, -0.15) is 0 Å². The number of para-hydroxylation sites is 3. The lowest BCUT2D eigenvalue weighted by atomic mass is 9.97. The maximum Gasteiger partial charge on any atom is 0.0568 e. The van der Waals surface area contributed by atoms with Gasteiger partial charge in [0, 0.05) is 27.7 Å². The number of anilines is 3. The van der Waals surface area contributed by atoms with Crippen molar-refractivity contribution in [3.05, 3.63) is 231 Å². The van der Waals surface area contributed by atoms with Gasteiger partial charge in [-0.3, -0.25) is 0 Å². The van der Waals surface area contributed by atoms with Crippen molar-refractivity contribution in [2.45, 2.75) is 0 Å². The van der Waals surface area contributed by atoms with Crippen LogP contribution < -0.4 is 4.90 Å². The maximum atomic E-state index is 2.47. The summed E-state index contributed by atoms with van der Waals surface area (Å²) in [7, 11) is 0. The van der Waals surface area contributed by atoms with Gasteiger partial charge < -0.3 is 9.47 Å². The third-order valence-corrected chi connectivity index (χ3v) is 10.8. The van der Waals surface area contributed by atoms with Gasteiger partial charge in [-0.25, -0.2) is 0 Å². The van der Waals surface area contributed by atoms with Gasteiger partial charge in [0.25, 0.3) is 0 Å². The molecule has 1 heterocycles. The molecule has 0 fully saturated rings. The fraction of sp³-hybridized carbons (Fsp3) is 0. The molecule has 0 spiro atoms. The molecular formula is C54H38N2. The topological polar surface area (TPSA) is 8.17 Å². The molecule has 9 aromatic carbocycles. The molecule has 1 aromatic heterocycles. The van der Waals surface area contributed by atoms with Gasteiger partial charge in [-0.15, -0.1) is 0 Å². The van der Waals surface area contributed by atoms with Crippen LogP contribution in [-0.2, 0) is 0 Å². The van der Waals surface area contributed by atoms with Gasteiger partial charge in [0.2, 0.25) is 0 Å². The van der Waals surface area contributed by atoms with E-state index in [-0.39, 0.29) is 0 Å². The summed E-state index contributed by atoms with van der Waals surface area (Å²) in [6.45, 7) is 0. The first kappa shape index (κ1) is 33.2. The zero-order chi connectivity index (χ0) is 37.3. The molecule has 0 N–H and O–H groups in total. The number of rotatable bonds is 8. The monoisotopic (exact) mass is 714 g/mol. The highest BCUT2D eigenvalue weighted by Crippen LogP contribution is 2.48. The number of benzene rings is 9. The first-order valence-electron chi connectivity index (χ1n) is 19.2. The van der Waals surface area contributed by atoms with Crippen LogP contribution in [0.25, 0.3) is 72.0 Å². The lowest BCUT2D eigenvalue weighted by molar-refractivity contribution is 1.18. The van der Waals surface area contributed by atoms with Crippen LogP contribution in [0.2, 0.25) is 0 Å². The van der Waals surface area contributed by atoms with Crippen molar-refractivity contribution in [3.8, 4) is 50.2 Å². The summed E-state index contributed by atoms with van der Waals surface area (Å²) in [6.07, 6.45) is 0. The van der Waals surface area contributed by atoms with E-state index in [0.29, 0.717) is 0 Å². The third-order valence-electron chi connectivity index (χ3n) is 10.8. The molecule has 10 rings (SSSR count). The summed E-state index contributed by atoms with van der Waals surface area (Å²) < 4.78 is 2.42. The van der Waals surface area contributed by atoms with Crippen molar-refractivity contribution in [1.29, 1.82) is 0 Å². The molecule has 0 radical (unpaired) electrons. The van der Waals surface area contributed by atoms with E-state index < -0.39 is 0 Å². The first-order chi connectivity index (χ1) is 27.8. The molecule has 0 bridgehead atoms. The molecule has 2 nitrogen and oxygen atoms in total. The average molecular weight is 715 g/mol. The Morgan fingerprint density at radius 2 is 0.768 bits per heavy atom. The standard InChI is InChI=1S/C54H38N2/c1-5-17-39(18-6-1)41-29-31-42(32-30-41)43-33-35-47(36-34-43)56(50-27-15-13-25-48(50)44-21-9-3-10-22-44)53-38-45(40-19-7-2-8-20-40)37-52-54(53)49-26-14-16-28-51(49)55(52)46-23-11-4-12-24-46/h1-38H. The summed E-state index contributed by atoms with van der Waals surface area (Å²) in [5.74, 6) is 0. The molecule has 2 heteroatoms. The van der Waals surface area contributed by atoms with E-state index in [2.05, 4.69) is 240 Å². The maximum absolute atomic E-state index is 2.47. The van der Waals surface area contributed by atoms with Crippen LogP contribution in [0.1, 0.15) is 0 Å². The smallest absolute Gasteiger partial charge is 0.0568 e. The first-order valence-corrected chi connectivity index (χ1v) is 19.2. The van der Waals surface area contributed by atoms with Crippen molar-refractivity contribution in [3.63, 3.8) is 0 Å². The SMILES string of the molecule is c1ccc(-c2ccc(-c3ccc(N(c4ccccc4-c4ccccc4)c4cc(-c5ccccc5)cc5c4c4ccccc4n5-c4ccccc4)cc3)cc2)cc1. The highest BCUT2D eigenvalue weighted by molar-refractivity contribution is 6.18. The Labute approximate surface area is 327 Å². The van der Waals surface area contributed by atoms with Gasteiger partial charge in [-0.1, -0.05) is 182 Å². The number of hydrogen-bond acceptors (Lipinski definition) is 1. The molecule has 0 amide bonds. The number of nitrogens with zero attached hydrogens (tertiary/aromatic N) is 2. The van der Waals surface area contributed by atoms with Gasteiger partial charge in [0.1, 0.15) is 0 Å². The molecular weight excluding hydrogens is 677 g/mol. The van der Waals surface area contributed by atoms with Crippen molar-refractivity contribution < 1.29 is 0 Å². The van der Waals surface area contributed by atoms with E-state index in [9.17, 15) is 0 Å². The zero-order valence-corrected chi connectivity index (χ0v) is 30.8. The second kappa shape index (κ2) is 14.4. The van der Waals surface area contributed by atoms with Crippen molar-refractivity contribution in [2.24, 2.45) is 0 Å². The lowest BCUT2D eigenvalue weighted by Crippen LogP contribution is -2.12. The molecule has 0 aliphatic rings. The van der Waals surface area contributed by atoms with E-state index in [0.717, 1.165) is 33.8 Å². The predicted molar refractivity (Wildman–Crippen MR) is 237 cm³/mol. The van der Waals surface area contributed by atoms with Crippen LogP contribution in [0.3, 0.4) is 0 Å². The van der Waals surface area contributed by atoms with Crippen LogP contribution in [0.5, 0.6) is 0 Å². The molecule has 0 aliphatic carbocycles. The number of aromatic nitrogens is 1. The second-order valence-corrected chi connectivity index (χ2v) is 14.2. The predicted octanol–water partition coefficient (Wildman–Crippen LogP) is 14.9. The van der Waals surface area contributed by atoms with Gasteiger partial charge >= 0.3 is 0 Å². The second-order valence-electron chi connectivity index (χ2n) is 14.2. The summed E-state index contributed by atoms with van der Waals surface area (Å²) in [5, 5.41) is 2.41. The van der Waals surface area contributed by atoms with Gasteiger partial charge in [0.15, 0.2) is 0 Å². The summed E-state index contributed by atoms with van der Waals surface area (Å²) >= 11 is 0. The van der Waals surface area contributed by atoms with Crippen molar-refractivity contribution >= 4 is 38.9 Å². The van der Waals surface area contributed by atoms with E-state index >= 15 is 0 Å². The minimum absolute atomic E-state index is 1.08. The van der Waals surface area contributed by atoms with Crippen LogP contribution >= 0.6 is 0 Å². The molecule has 0 unspecified atom stereocenters. The summed E-state index contributed by atoms with van der Waals surface area (Å²) in [4.78, 5) is 2.47. The van der Waals surface area contributed by atoms with Crippen LogP contribution in [0.15, 0.2) is 231 Å². The van der Waals surface area contributed by atoms with E-state index in [1.54, 1.807) is 0 Å². The molecule has 10 aromatic rings. The third kappa shape index (κ3) is 6.04. The Bertz CT molecular complexity index is 2910. The zero-order valence-electron chi connectivity index (χ0n) is 30.8. The van der Waals surface area contributed by atoms with Crippen molar-refractivity contribution in [1.82, 2.24) is 4.57 Å². The summed E-state index contributed by atoms with van der Waals surface area (Å²) in [6, 6.07) is 83.1. The minimum atomic E-state index is 1.08. The van der Waals surface area contributed by atoms with Crippen molar-refractivity contribution in [2.75, 3.05) is 4.90 Å². The normalized spacial score (nSPS) is 11.2. The molecule has 264 valence electrons.